The average molecular weight is 416 g/mol. The van der Waals surface area contributed by atoms with Gasteiger partial charge in [0.05, 0.1) is 5.69 Å². The molecule has 28 heavy (non-hydrogen) atoms. The molecule has 1 atom stereocenters. The normalized spacial score (nSPS) is 19.5. The Balaban J connectivity index is 2.00. The third-order valence-electron chi connectivity index (χ3n) is 3.92. The summed E-state index contributed by atoms with van der Waals surface area (Å²) in [6.07, 6.45) is -5.37. The molecule has 4 amide bonds. The summed E-state index contributed by atoms with van der Waals surface area (Å²) in [6, 6.07) is 7.26. The maximum Gasteiger partial charge on any atom is 0.440 e. The van der Waals surface area contributed by atoms with Gasteiger partial charge in [0.2, 0.25) is 0 Å². The fourth-order valence-corrected chi connectivity index (χ4v) is 2.76. The Kier molecular flexibility index (Phi) is 4.76. The summed E-state index contributed by atoms with van der Waals surface area (Å²) in [5, 5.41) is 3.10. The minimum Gasteiger partial charge on any atom is -0.314 e. The monoisotopic (exact) mass is 415 g/mol. The van der Waals surface area contributed by atoms with Gasteiger partial charge in [-0.05, 0) is 42.5 Å². The molecule has 2 aromatic rings. The molecule has 1 heterocycles. The minimum absolute atomic E-state index is 0.0814. The van der Waals surface area contributed by atoms with Gasteiger partial charge in [-0.15, -0.1) is 0 Å². The van der Waals surface area contributed by atoms with E-state index in [2.05, 4.69) is 0 Å². The van der Waals surface area contributed by atoms with E-state index in [1.807, 2.05) is 0 Å². The largest absolute Gasteiger partial charge is 0.440 e. The number of alkyl halides is 3. The molecule has 1 aliphatic heterocycles. The van der Waals surface area contributed by atoms with Crippen LogP contribution >= 0.6 is 11.6 Å². The van der Waals surface area contributed by atoms with Crippen LogP contribution in [0.3, 0.4) is 0 Å². The zero-order valence-corrected chi connectivity index (χ0v) is 14.4. The van der Waals surface area contributed by atoms with E-state index >= 15 is 0 Å². The smallest absolute Gasteiger partial charge is 0.314 e. The van der Waals surface area contributed by atoms with E-state index in [-0.39, 0.29) is 21.2 Å². The summed E-state index contributed by atoms with van der Waals surface area (Å²) >= 11 is 5.76. The molecule has 2 N–H and O–H groups in total. The van der Waals surface area contributed by atoms with Crippen LogP contribution < -0.4 is 15.5 Å². The fraction of sp³-hybridized carbons (Fsp3) is 0.118. The van der Waals surface area contributed by atoms with Crippen LogP contribution in [0.2, 0.25) is 5.02 Å². The van der Waals surface area contributed by atoms with Crippen molar-refractivity contribution in [2.24, 2.45) is 0 Å². The Bertz CT molecular complexity index is 965. The Morgan fingerprint density at radius 1 is 1.11 bits per heavy atom. The van der Waals surface area contributed by atoms with Crippen LogP contribution in [-0.4, -0.2) is 29.7 Å². The standard InChI is InChI=1S/C17H10ClF4N3O3/c18-10-2-1-3-12(8-10)25-14(27)16(17(20,21)22,24-15(25)28)23-13(26)9-4-6-11(19)7-5-9/h1-8H,(H,23,26)(H,24,28)/t16-/m1/s1. The molecule has 0 aromatic heterocycles. The van der Waals surface area contributed by atoms with Crippen molar-refractivity contribution in [2.45, 2.75) is 11.8 Å². The lowest BCUT2D eigenvalue weighted by Crippen LogP contribution is -2.69. The fourth-order valence-electron chi connectivity index (χ4n) is 2.57. The van der Waals surface area contributed by atoms with E-state index in [1.165, 1.54) is 28.8 Å². The Hall–Kier alpha value is -3.14. The molecular formula is C17H10ClF4N3O3. The second kappa shape index (κ2) is 6.79. The van der Waals surface area contributed by atoms with Crippen molar-refractivity contribution in [1.82, 2.24) is 10.6 Å². The van der Waals surface area contributed by atoms with Gasteiger partial charge in [0.1, 0.15) is 5.82 Å². The summed E-state index contributed by atoms with van der Waals surface area (Å²) in [6.45, 7) is 0. The van der Waals surface area contributed by atoms with Gasteiger partial charge in [0.25, 0.3) is 17.5 Å². The van der Waals surface area contributed by atoms with Crippen molar-refractivity contribution < 1.29 is 31.9 Å². The second-order valence-corrected chi connectivity index (χ2v) is 6.20. The van der Waals surface area contributed by atoms with Crippen molar-refractivity contribution >= 4 is 35.1 Å². The van der Waals surface area contributed by atoms with Crippen molar-refractivity contribution in [3.8, 4) is 0 Å². The molecule has 0 saturated carbocycles. The number of carbonyl (C=O) groups excluding carboxylic acids is 3. The van der Waals surface area contributed by atoms with Crippen LogP contribution in [0.15, 0.2) is 48.5 Å². The molecule has 1 aliphatic rings. The number of hydrogen-bond acceptors (Lipinski definition) is 3. The number of nitrogens with zero attached hydrogens (tertiary/aromatic N) is 1. The van der Waals surface area contributed by atoms with Crippen LogP contribution in [0.4, 0.5) is 28.0 Å². The molecule has 1 saturated heterocycles. The number of benzene rings is 2. The van der Waals surface area contributed by atoms with Gasteiger partial charge < -0.3 is 5.32 Å². The van der Waals surface area contributed by atoms with Crippen molar-refractivity contribution in [1.29, 1.82) is 0 Å². The van der Waals surface area contributed by atoms with E-state index in [0.29, 0.717) is 0 Å². The molecule has 1 fully saturated rings. The molecule has 146 valence electrons. The Morgan fingerprint density at radius 2 is 1.75 bits per heavy atom. The minimum atomic E-state index is -5.37. The van der Waals surface area contributed by atoms with Crippen LogP contribution in [0.5, 0.6) is 0 Å². The van der Waals surface area contributed by atoms with E-state index in [9.17, 15) is 31.9 Å². The number of carbonyl (C=O) groups is 3. The summed E-state index contributed by atoms with van der Waals surface area (Å²) in [5.74, 6) is -3.80. The van der Waals surface area contributed by atoms with Crippen LogP contribution in [-0.2, 0) is 4.79 Å². The number of rotatable bonds is 3. The summed E-state index contributed by atoms with van der Waals surface area (Å²) in [5.41, 5.74) is -4.25. The first-order valence-corrected chi connectivity index (χ1v) is 8.00. The Labute approximate surface area is 160 Å². The first kappa shape index (κ1) is 19.6. The summed E-state index contributed by atoms with van der Waals surface area (Å²) in [4.78, 5) is 37.3. The molecule has 2 aromatic carbocycles. The molecule has 0 bridgehead atoms. The van der Waals surface area contributed by atoms with Gasteiger partial charge in [-0.25, -0.2) is 14.1 Å². The molecular weight excluding hydrogens is 406 g/mol. The van der Waals surface area contributed by atoms with E-state index in [1.54, 1.807) is 0 Å². The highest BCUT2D eigenvalue weighted by Gasteiger charge is 2.69. The molecule has 11 heteroatoms. The number of nitrogens with one attached hydrogen (secondary N) is 2. The highest BCUT2D eigenvalue weighted by molar-refractivity contribution is 6.31. The van der Waals surface area contributed by atoms with Gasteiger partial charge in [0, 0.05) is 10.6 Å². The third kappa shape index (κ3) is 3.26. The highest BCUT2D eigenvalue weighted by atomic mass is 35.5. The van der Waals surface area contributed by atoms with E-state index in [4.69, 9.17) is 11.6 Å². The summed E-state index contributed by atoms with van der Waals surface area (Å²) < 4.78 is 54.3. The molecule has 0 aliphatic carbocycles. The molecule has 6 nitrogen and oxygen atoms in total. The average Bonchev–Trinajstić information content (AvgIpc) is 2.86. The molecule has 3 rings (SSSR count). The molecule has 0 spiro atoms. The quantitative estimate of drug-likeness (QED) is 0.597. The van der Waals surface area contributed by atoms with Crippen LogP contribution in [0.1, 0.15) is 10.4 Å². The van der Waals surface area contributed by atoms with E-state index < -0.39 is 35.5 Å². The number of urea groups is 1. The zero-order valence-electron chi connectivity index (χ0n) is 13.7. The lowest BCUT2D eigenvalue weighted by molar-refractivity contribution is -0.197. The van der Waals surface area contributed by atoms with Gasteiger partial charge in [-0.2, -0.15) is 13.2 Å². The maximum absolute atomic E-state index is 13.8. The predicted octanol–water partition coefficient (Wildman–Crippen LogP) is 3.22. The topological polar surface area (TPSA) is 78.5 Å². The first-order chi connectivity index (χ1) is 13.0. The highest BCUT2D eigenvalue weighted by Crippen LogP contribution is 2.36. The first-order valence-electron chi connectivity index (χ1n) is 7.62. The predicted molar refractivity (Wildman–Crippen MR) is 90.1 cm³/mol. The SMILES string of the molecule is O=C(N[C@@]1(C(F)(F)F)NC(=O)N(c2cccc(Cl)c2)C1=O)c1ccc(F)cc1. The maximum atomic E-state index is 13.8. The lowest BCUT2D eigenvalue weighted by Gasteiger charge is -2.29. The Morgan fingerprint density at radius 3 is 2.32 bits per heavy atom. The number of imide groups is 1. The van der Waals surface area contributed by atoms with Crippen LogP contribution in [0.25, 0.3) is 0 Å². The van der Waals surface area contributed by atoms with Crippen molar-refractivity contribution in [2.75, 3.05) is 4.90 Å². The van der Waals surface area contributed by atoms with Gasteiger partial charge in [0.15, 0.2) is 0 Å². The molecule has 0 radical (unpaired) electrons. The number of hydrogen-bond donors (Lipinski definition) is 2. The number of anilines is 1. The van der Waals surface area contributed by atoms with Crippen molar-refractivity contribution in [3.05, 3.63) is 64.9 Å². The number of amides is 4. The third-order valence-corrected chi connectivity index (χ3v) is 4.16. The number of halogens is 5. The van der Waals surface area contributed by atoms with Crippen molar-refractivity contribution in [3.63, 3.8) is 0 Å². The van der Waals surface area contributed by atoms with Gasteiger partial charge in [-0.3, -0.25) is 14.9 Å². The second-order valence-electron chi connectivity index (χ2n) is 5.76. The van der Waals surface area contributed by atoms with Crippen LogP contribution in [0, 0.1) is 5.82 Å². The summed E-state index contributed by atoms with van der Waals surface area (Å²) in [7, 11) is 0. The van der Waals surface area contributed by atoms with E-state index in [0.717, 1.165) is 30.3 Å². The zero-order chi connectivity index (χ0) is 20.7. The van der Waals surface area contributed by atoms with Gasteiger partial charge in [-0.1, -0.05) is 17.7 Å². The van der Waals surface area contributed by atoms with Gasteiger partial charge >= 0.3 is 12.2 Å². The lowest BCUT2D eigenvalue weighted by atomic mass is 10.1. The molecule has 0 unspecified atom stereocenters.